The number of rotatable bonds is 3. The number of epoxide rings is 1. The largest absolute Gasteiger partial charge is 0.362 e. The first-order chi connectivity index (χ1) is 9.17. The zero-order valence-corrected chi connectivity index (χ0v) is 13.8. The van der Waals surface area contributed by atoms with E-state index in [1.807, 2.05) is 0 Å². The smallest absolute Gasteiger partial charge is 0.129 e. The second-order valence-corrected chi connectivity index (χ2v) is 8.71. The minimum atomic E-state index is -0.0216. The van der Waals surface area contributed by atoms with Crippen LogP contribution < -0.4 is 0 Å². The molecule has 0 unspecified atom stereocenters. The van der Waals surface area contributed by atoms with Crippen LogP contribution in [-0.2, 0) is 9.53 Å². The van der Waals surface area contributed by atoms with Crippen LogP contribution in [0, 0.1) is 16.7 Å². The van der Waals surface area contributed by atoms with E-state index in [1.54, 1.807) is 6.92 Å². The van der Waals surface area contributed by atoms with Crippen LogP contribution >= 0.6 is 0 Å². The summed E-state index contributed by atoms with van der Waals surface area (Å²) in [6.07, 6.45) is 8.00. The van der Waals surface area contributed by atoms with Gasteiger partial charge < -0.3 is 9.53 Å². The van der Waals surface area contributed by atoms with Crippen LogP contribution in [0.2, 0.25) is 0 Å². The van der Waals surface area contributed by atoms with Crippen LogP contribution in [-0.4, -0.2) is 17.0 Å². The molecule has 1 heterocycles. The van der Waals surface area contributed by atoms with Gasteiger partial charge in [-0.05, 0) is 57.3 Å². The Morgan fingerprint density at radius 1 is 1.15 bits per heavy atom. The number of carbonyl (C=O) groups excluding carboxylic acids is 1. The first-order valence-corrected chi connectivity index (χ1v) is 8.37. The molecule has 0 N–H and O–H groups in total. The normalized spacial score (nSPS) is 49.1. The van der Waals surface area contributed by atoms with Gasteiger partial charge in [0, 0.05) is 11.8 Å². The lowest BCUT2D eigenvalue weighted by atomic mass is 9.46. The van der Waals surface area contributed by atoms with Crippen molar-refractivity contribution in [1.29, 1.82) is 0 Å². The van der Waals surface area contributed by atoms with E-state index in [1.165, 1.54) is 32.1 Å². The molecule has 114 valence electrons. The number of hydrogen-bond donors (Lipinski definition) is 0. The summed E-state index contributed by atoms with van der Waals surface area (Å²) in [5.74, 6) is 1.05. The Morgan fingerprint density at radius 2 is 1.85 bits per heavy atom. The summed E-state index contributed by atoms with van der Waals surface area (Å²) in [5, 5.41) is 0. The third kappa shape index (κ3) is 1.70. The lowest BCUT2D eigenvalue weighted by Gasteiger charge is -2.57. The van der Waals surface area contributed by atoms with Gasteiger partial charge in [0.2, 0.25) is 0 Å². The SMILES string of the molecule is CC(=O)CC[C@@]12O[C@]1(C)CC[C@H]1C(C)(C)CCC[C@@]12C. The fourth-order valence-corrected chi connectivity index (χ4v) is 6.02. The molecular weight excluding hydrogens is 248 g/mol. The summed E-state index contributed by atoms with van der Waals surface area (Å²) in [6.45, 7) is 11.3. The first kappa shape index (κ1) is 14.6. The summed E-state index contributed by atoms with van der Waals surface area (Å²) in [5.41, 5.74) is 0.702. The molecule has 0 radical (unpaired) electrons. The number of Topliss-reactive ketones (excluding diaryl/α,β-unsaturated/α-hetero) is 1. The molecule has 2 aliphatic carbocycles. The standard InChI is InChI=1S/C18H30O2/c1-13(19)7-12-18-16(4)10-6-9-15(2,3)14(16)8-11-17(18,5)20-18/h14H,6-12H2,1-5H3/t14-,16-,17+,18-/m0/s1. The Labute approximate surface area is 123 Å². The molecule has 1 aliphatic heterocycles. The molecule has 0 bridgehead atoms. The molecule has 3 fully saturated rings. The number of hydrogen-bond acceptors (Lipinski definition) is 2. The third-order valence-electron chi connectivity index (χ3n) is 7.10. The van der Waals surface area contributed by atoms with Crippen LogP contribution in [0.25, 0.3) is 0 Å². The van der Waals surface area contributed by atoms with Gasteiger partial charge in [0.25, 0.3) is 0 Å². The Balaban J connectivity index is 1.94. The van der Waals surface area contributed by atoms with E-state index < -0.39 is 0 Å². The van der Waals surface area contributed by atoms with E-state index in [9.17, 15) is 4.79 Å². The zero-order chi connectivity index (χ0) is 14.8. The predicted octanol–water partition coefficient (Wildman–Crippen LogP) is 4.51. The highest BCUT2D eigenvalue weighted by Gasteiger charge is 2.78. The van der Waals surface area contributed by atoms with Crippen molar-refractivity contribution in [2.45, 2.75) is 90.8 Å². The molecule has 0 spiro atoms. The molecule has 0 aromatic heterocycles. The maximum Gasteiger partial charge on any atom is 0.129 e. The van der Waals surface area contributed by atoms with Gasteiger partial charge in [0.05, 0.1) is 5.60 Å². The van der Waals surface area contributed by atoms with Crippen molar-refractivity contribution in [2.75, 3.05) is 0 Å². The molecule has 2 heteroatoms. The fraction of sp³-hybridized carbons (Fsp3) is 0.944. The third-order valence-corrected chi connectivity index (χ3v) is 7.10. The van der Waals surface area contributed by atoms with Gasteiger partial charge in [-0.1, -0.05) is 27.2 Å². The second-order valence-electron chi connectivity index (χ2n) is 8.71. The number of carbonyl (C=O) groups is 1. The molecule has 0 amide bonds. The highest BCUT2D eigenvalue weighted by Crippen LogP contribution is 2.74. The average Bonchev–Trinajstić information content (AvgIpc) is 2.94. The van der Waals surface area contributed by atoms with Gasteiger partial charge in [0.15, 0.2) is 0 Å². The first-order valence-electron chi connectivity index (χ1n) is 8.37. The van der Waals surface area contributed by atoms with Crippen molar-refractivity contribution in [3.63, 3.8) is 0 Å². The molecule has 3 rings (SSSR count). The maximum atomic E-state index is 11.5. The van der Waals surface area contributed by atoms with Crippen LogP contribution in [0.15, 0.2) is 0 Å². The highest BCUT2D eigenvalue weighted by molar-refractivity contribution is 5.75. The van der Waals surface area contributed by atoms with E-state index >= 15 is 0 Å². The van der Waals surface area contributed by atoms with Crippen LogP contribution in [0.5, 0.6) is 0 Å². The minimum absolute atomic E-state index is 0.0216. The van der Waals surface area contributed by atoms with Crippen molar-refractivity contribution in [1.82, 2.24) is 0 Å². The number of ketones is 1. The highest BCUT2D eigenvalue weighted by atomic mass is 16.6. The molecular formula is C18H30O2. The van der Waals surface area contributed by atoms with E-state index in [0.29, 0.717) is 17.6 Å². The van der Waals surface area contributed by atoms with Crippen LogP contribution in [0.4, 0.5) is 0 Å². The molecule has 2 saturated carbocycles. The summed E-state index contributed by atoms with van der Waals surface area (Å²) in [6, 6.07) is 0. The summed E-state index contributed by atoms with van der Waals surface area (Å²) < 4.78 is 6.42. The van der Waals surface area contributed by atoms with Crippen LogP contribution in [0.1, 0.15) is 79.6 Å². The minimum Gasteiger partial charge on any atom is -0.362 e. The number of fused-ring (bicyclic) bond motifs is 3. The lowest BCUT2D eigenvalue weighted by molar-refractivity contribution is -0.118. The predicted molar refractivity (Wildman–Crippen MR) is 80.6 cm³/mol. The van der Waals surface area contributed by atoms with Gasteiger partial charge in [-0.15, -0.1) is 0 Å². The molecule has 20 heavy (non-hydrogen) atoms. The van der Waals surface area contributed by atoms with E-state index in [4.69, 9.17) is 4.74 Å². The quantitative estimate of drug-likeness (QED) is 0.711. The Hall–Kier alpha value is -0.370. The van der Waals surface area contributed by atoms with Crippen molar-refractivity contribution >= 4 is 5.78 Å². The summed E-state index contributed by atoms with van der Waals surface area (Å²) in [7, 11) is 0. The fourth-order valence-electron chi connectivity index (χ4n) is 6.02. The molecule has 1 saturated heterocycles. The Kier molecular flexibility index (Phi) is 2.98. The Morgan fingerprint density at radius 3 is 2.50 bits per heavy atom. The molecule has 2 nitrogen and oxygen atoms in total. The average molecular weight is 278 g/mol. The number of ether oxygens (including phenoxy) is 1. The summed E-state index contributed by atoms with van der Waals surface area (Å²) in [4.78, 5) is 11.5. The maximum absolute atomic E-state index is 11.5. The van der Waals surface area contributed by atoms with Crippen LogP contribution in [0.3, 0.4) is 0 Å². The Bertz CT molecular complexity index is 441. The van der Waals surface area contributed by atoms with Gasteiger partial charge in [0.1, 0.15) is 11.4 Å². The van der Waals surface area contributed by atoms with Crippen molar-refractivity contribution in [3.8, 4) is 0 Å². The van der Waals surface area contributed by atoms with Gasteiger partial charge in [-0.25, -0.2) is 0 Å². The molecule has 4 atom stereocenters. The van der Waals surface area contributed by atoms with E-state index in [0.717, 1.165) is 12.3 Å². The lowest BCUT2D eigenvalue weighted by Crippen LogP contribution is -2.56. The monoisotopic (exact) mass is 278 g/mol. The van der Waals surface area contributed by atoms with Gasteiger partial charge in [-0.2, -0.15) is 0 Å². The van der Waals surface area contributed by atoms with Gasteiger partial charge in [-0.3, -0.25) is 0 Å². The molecule has 3 aliphatic rings. The molecule has 0 aromatic carbocycles. The van der Waals surface area contributed by atoms with Crippen molar-refractivity contribution < 1.29 is 9.53 Å². The zero-order valence-electron chi connectivity index (χ0n) is 13.8. The molecule has 0 aromatic rings. The van der Waals surface area contributed by atoms with Crippen molar-refractivity contribution in [2.24, 2.45) is 16.7 Å². The van der Waals surface area contributed by atoms with Crippen molar-refractivity contribution in [3.05, 3.63) is 0 Å². The topological polar surface area (TPSA) is 29.6 Å². The van der Waals surface area contributed by atoms with Gasteiger partial charge >= 0.3 is 0 Å². The summed E-state index contributed by atoms with van der Waals surface area (Å²) >= 11 is 0. The van der Waals surface area contributed by atoms with E-state index in [-0.39, 0.29) is 16.6 Å². The second kappa shape index (κ2) is 4.09. The van der Waals surface area contributed by atoms with E-state index in [2.05, 4.69) is 27.7 Å².